The van der Waals surface area contributed by atoms with E-state index in [1.165, 1.54) is 6.92 Å². The molecule has 0 fully saturated rings. The first-order valence-electron chi connectivity index (χ1n) is 11.8. The van der Waals surface area contributed by atoms with E-state index in [2.05, 4.69) is 32.4 Å². The predicted molar refractivity (Wildman–Crippen MR) is 138 cm³/mol. The smallest absolute Gasteiger partial charge is 0.259 e. The normalized spacial score (nSPS) is 13.8. The number of benzene rings is 2. The van der Waals surface area contributed by atoms with Gasteiger partial charge in [0.2, 0.25) is 5.91 Å². The van der Waals surface area contributed by atoms with E-state index >= 15 is 0 Å². The number of para-hydroxylation sites is 1. The number of imide groups is 1. The predicted octanol–water partition coefficient (Wildman–Crippen LogP) is 3.65. The van der Waals surface area contributed by atoms with E-state index < -0.39 is 11.8 Å². The number of amides is 3. The van der Waals surface area contributed by atoms with Crippen LogP contribution >= 0.6 is 0 Å². The van der Waals surface area contributed by atoms with Gasteiger partial charge in [0.1, 0.15) is 0 Å². The van der Waals surface area contributed by atoms with Gasteiger partial charge >= 0.3 is 0 Å². The van der Waals surface area contributed by atoms with Gasteiger partial charge in [-0.2, -0.15) is 0 Å². The molecule has 2 aromatic carbocycles. The molecule has 2 aromatic heterocycles. The molecular formula is C27H27N5O3. The number of aryl methyl sites for hydroxylation is 1. The number of nitrogens with zero attached hydrogens (tertiary/aromatic N) is 1. The van der Waals surface area contributed by atoms with Crippen molar-refractivity contribution in [2.75, 3.05) is 18.4 Å². The van der Waals surface area contributed by atoms with E-state index in [0.29, 0.717) is 28.0 Å². The third-order valence-electron chi connectivity index (χ3n) is 6.26. The standard InChI is InChI=1S/C27H27N5O3/c1-3-28-11-6-12-32-15-21(19-13-17(30-16(2)33)9-10-23(19)32)25-24(26(34)31-27(25)35)20-14-29-22-8-5-4-7-18(20)22/h4-5,7-10,13-15,28-29H,3,6,11-12H2,1-2H3,(H,30,33)(H,31,34,35). The SMILES string of the molecule is CCNCCCn1cc(C2=C(c3c[nH]c4ccccc34)C(=O)NC2=O)c2cc(NC(C)=O)ccc21. The Morgan fingerprint density at radius 2 is 1.77 bits per heavy atom. The molecule has 0 unspecified atom stereocenters. The number of anilines is 1. The van der Waals surface area contributed by atoms with E-state index in [9.17, 15) is 14.4 Å². The summed E-state index contributed by atoms with van der Waals surface area (Å²) in [5, 5.41) is 10.3. The maximum absolute atomic E-state index is 13.2. The number of carbonyl (C=O) groups is 3. The molecule has 3 amide bonds. The first kappa shape index (κ1) is 22.6. The molecule has 8 nitrogen and oxygen atoms in total. The maximum Gasteiger partial charge on any atom is 0.259 e. The fraction of sp³-hybridized carbons (Fsp3) is 0.222. The van der Waals surface area contributed by atoms with Crippen molar-refractivity contribution in [2.45, 2.75) is 26.8 Å². The van der Waals surface area contributed by atoms with Crippen molar-refractivity contribution in [3.05, 3.63) is 66.0 Å². The number of carbonyl (C=O) groups excluding carboxylic acids is 3. The number of aromatic nitrogens is 2. The van der Waals surface area contributed by atoms with Crippen LogP contribution in [0.3, 0.4) is 0 Å². The highest BCUT2D eigenvalue weighted by Crippen LogP contribution is 2.39. The van der Waals surface area contributed by atoms with Gasteiger partial charge < -0.3 is 20.2 Å². The summed E-state index contributed by atoms with van der Waals surface area (Å²) >= 11 is 0. The number of rotatable bonds is 8. The minimum atomic E-state index is -0.424. The van der Waals surface area contributed by atoms with Gasteiger partial charge in [0.05, 0.1) is 11.1 Å². The van der Waals surface area contributed by atoms with Crippen molar-refractivity contribution >= 4 is 56.4 Å². The molecule has 0 atom stereocenters. The quantitative estimate of drug-likeness (QED) is 0.233. The maximum atomic E-state index is 13.2. The highest BCUT2D eigenvalue weighted by Gasteiger charge is 2.35. The summed E-state index contributed by atoms with van der Waals surface area (Å²) < 4.78 is 2.11. The van der Waals surface area contributed by atoms with Crippen LogP contribution in [0.5, 0.6) is 0 Å². The zero-order valence-corrected chi connectivity index (χ0v) is 19.7. The molecule has 0 spiro atoms. The van der Waals surface area contributed by atoms with E-state index in [1.807, 2.05) is 48.7 Å². The van der Waals surface area contributed by atoms with Gasteiger partial charge in [-0.25, -0.2) is 0 Å². The number of hydrogen-bond donors (Lipinski definition) is 4. The molecule has 178 valence electrons. The second-order valence-electron chi connectivity index (χ2n) is 8.64. The minimum absolute atomic E-state index is 0.177. The molecule has 0 saturated carbocycles. The summed E-state index contributed by atoms with van der Waals surface area (Å²) in [5.74, 6) is -1.02. The highest BCUT2D eigenvalue weighted by molar-refractivity contribution is 6.50. The Labute approximate surface area is 202 Å². The summed E-state index contributed by atoms with van der Waals surface area (Å²) in [5.41, 5.74) is 4.50. The van der Waals surface area contributed by atoms with Gasteiger partial charge in [-0.3, -0.25) is 19.7 Å². The molecule has 0 aliphatic carbocycles. The average molecular weight is 470 g/mol. The molecular weight excluding hydrogens is 442 g/mol. The molecule has 0 radical (unpaired) electrons. The number of aromatic amines is 1. The van der Waals surface area contributed by atoms with Crippen LogP contribution in [-0.2, 0) is 20.9 Å². The second-order valence-corrected chi connectivity index (χ2v) is 8.64. The third kappa shape index (κ3) is 4.13. The number of fused-ring (bicyclic) bond motifs is 2. The van der Waals surface area contributed by atoms with Gasteiger partial charge in [0.15, 0.2) is 0 Å². The van der Waals surface area contributed by atoms with Gasteiger partial charge in [0, 0.05) is 64.5 Å². The number of H-pyrrole nitrogens is 1. The van der Waals surface area contributed by atoms with Gasteiger partial charge in [-0.05, 0) is 43.8 Å². The Balaban J connectivity index is 1.71. The lowest BCUT2D eigenvalue weighted by Gasteiger charge is -2.07. The van der Waals surface area contributed by atoms with Crippen molar-refractivity contribution in [3.63, 3.8) is 0 Å². The third-order valence-corrected chi connectivity index (χ3v) is 6.26. The molecule has 3 heterocycles. The Bertz CT molecular complexity index is 1510. The lowest BCUT2D eigenvalue weighted by Crippen LogP contribution is -2.22. The zero-order valence-electron chi connectivity index (χ0n) is 19.7. The Kier molecular flexibility index (Phi) is 5.96. The van der Waals surface area contributed by atoms with Crippen molar-refractivity contribution in [3.8, 4) is 0 Å². The van der Waals surface area contributed by atoms with Crippen molar-refractivity contribution in [1.29, 1.82) is 0 Å². The zero-order chi connectivity index (χ0) is 24.5. The van der Waals surface area contributed by atoms with Crippen molar-refractivity contribution < 1.29 is 14.4 Å². The first-order valence-corrected chi connectivity index (χ1v) is 11.8. The summed E-state index contributed by atoms with van der Waals surface area (Å²) in [6, 6.07) is 13.3. The Morgan fingerprint density at radius 1 is 1.00 bits per heavy atom. The number of hydrogen-bond acceptors (Lipinski definition) is 4. The second kappa shape index (κ2) is 9.23. The molecule has 0 bridgehead atoms. The van der Waals surface area contributed by atoms with Crippen LogP contribution in [0, 0.1) is 0 Å². The van der Waals surface area contributed by atoms with Crippen molar-refractivity contribution in [1.82, 2.24) is 20.2 Å². The van der Waals surface area contributed by atoms with Crippen LogP contribution in [0.25, 0.3) is 33.0 Å². The minimum Gasteiger partial charge on any atom is -0.361 e. The molecule has 1 aliphatic rings. The van der Waals surface area contributed by atoms with E-state index in [1.54, 1.807) is 6.20 Å². The van der Waals surface area contributed by atoms with Crippen LogP contribution in [0.15, 0.2) is 54.9 Å². The van der Waals surface area contributed by atoms with Crippen LogP contribution in [0.1, 0.15) is 31.4 Å². The highest BCUT2D eigenvalue weighted by atomic mass is 16.2. The monoisotopic (exact) mass is 469 g/mol. The van der Waals surface area contributed by atoms with E-state index in [-0.39, 0.29) is 5.91 Å². The Hall–Kier alpha value is -4.17. The lowest BCUT2D eigenvalue weighted by atomic mass is 9.95. The average Bonchev–Trinajstić information content (AvgIpc) is 3.49. The van der Waals surface area contributed by atoms with Crippen LogP contribution in [-0.4, -0.2) is 40.4 Å². The fourth-order valence-corrected chi connectivity index (χ4v) is 4.76. The molecule has 0 saturated heterocycles. The summed E-state index contributed by atoms with van der Waals surface area (Å²) in [6.07, 6.45) is 4.62. The number of nitrogens with one attached hydrogen (secondary N) is 4. The van der Waals surface area contributed by atoms with Crippen molar-refractivity contribution in [2.24, 2.45) is 0 Å². The first-order chi connectivity index (χ1) is 17.0. The van der Waals surface area contributed by atoms with Gasteiger partial charge in [-0.1, -0.05) is 25.1 Å². The van der Waals surface area contributed by atoms with Crippen LogP contribution < -0.4 is 16.0 Å². The molecule has 5 rings (SSSR count). The topological polar surface area (TPSA) is 108 Å². The lowest BCUT2D eigenvalue weighted by molar-refractivity contribution is -0.123. The molecule has 35 heavy (non-hydrogen) atoms. The van der Waals surface area contributed by atoms with Gasteiger partial charge in [-0.15, -0.1) is 0 Å². The van der Waals surface area contributed by atoms with Gasteiger partial charge in [0.25, 0.3) is 11.8 Å². The molecule has 4 aromatic rings. The van der Waals surface area contributed by atoms with E-state index in [4.69, 9.17) is 0 Å². The summed E-state index contributed by atoms with van der Waals surface area (Å²) in [7, 11) is 0. The van der Waals surface area contributed by atoms with Crippen LogP contribution in [0.2, 0.25) is 0 Å². The largest absolute Gasteiger partial charge is 0.361 e. The summed E-state index contributed by atoms with van der Waals surface area (Å²) in [4.78, 5) is 41.1. The van der Waals surface area contributed by atoms with Crippen LogP contribution in [0.4, 0.5) is 5.69 Å². The Morgan fingerprint density at radius 3 is 2.54 bits per heavy atom. The molecule has 1 aliphatic heterocycles. The summed E-state index contributed by atoms with van der Waals surface area (Å²) in [6.45, 7) is 6.05. The molecule has 8 heteroatoms. The fourth-order valence-electron chi connectivity index (χ4n) is 4.76. The molecule has 4 N–H and O–H groups in total. The van der Waals surface area contributed by atoms with E-state index in [0.717, 1.165) is 47.9 Å².